The number of hydrogen-bond acceptors (Lipinski definition) is 4. The van der Waals surface area contributed by atoms with E-state index in [4.69, 9.17) is 5.11 Å². The number of nitrogens with zero attached hydrogens (tertiary/aromatic N) is 1. The normalized spacial score (nSPS) is 15.2. The van der Waals surface area contributed by atoms with E-state index in [0.29, 0.717) is 12.3 Å². The number of carboxylic acid groups (broad SMARTS) is 1. The van der Waals surface area contributed by atoms with Crippen molar-refractivity contribution in [2.75, 3.05) is 14.1 Å². The molecule has 0 unspecified atom stereocenters. The van der Waals surface area contributed by atoms with Crippen LogP contribution in [0.2, 0.25) is 0 Å². The molecule has 2 amide bonds. The molecule has 0 spiro atoms. The maximum absolute atomic E-state index is 12.1. The van der Waals surface area contributed by atoms with Crippen LogP contribution in [0.25, 0.3) is 0 Å². The van der Waals surface area contributed by atoms with Gasteiger partial charge in [-0.05, 0) is 33.2 Å². The van der Waals surface area contributed by atoms with Gasteiger partial charge in [0.15, 0.2) is 0 Å². The van der Waals surface area contributed by atoms with Gasteiger partial charge >= 0.3 is 5.97 Å². The molecule has 0 saturated heterocycles. The lowest BCUT2D eigenvalue weighted by atomic mass is 10.0. The molecule has 122 valence electrons. The minimum Gasteiger partial charge on any atom is -0.480 e. The highest BCUT2D eigenvalue weighted by Gasteiger charge is 2.28. The van der Waals surface area contributed by atoms with Crippen LogP contribution in [0.5, 0.6) is 0 Å². The summed E-state index contributed by atoms with van der Waals surface area (Å²) in [5.41, 5.74) is 0. The number of likely N-dealkylation sites (N-methyl/N-ethyl adjacent to an activating group) is 2. The van der Waals surface area contributed by atoms with E-state index in [1.807, 2.05) is 13.8 Å². The molecule has 0 aliphatic heterocycles. The first-order chi connectivity index (χ1) is 9.61. The number of hydrogen-bond donors (Lipinski definition) is 3. The fourth-order valence-corrected chi connectivity index (χ4v) is 1.87. The third kappa shape index (κ3) is 6.12. The largest absolute Gasteiger partial charge is 0.480 e. The molecule has 0 fully saturated rings. The van der Waals surface area contributed by atoms with Crippen molar-refractivity contribution in [1.82, 2.24) is 15.5 Å². The number of nitrogens with one attached hydrogen (secondary N) is 2. The first-order valence-electron chi connectivity index (χ1n) is 7.08. The monoisotopic (exact) mass is 301 g/mol. The second-order valence-electron chi connectivity index (χ2n) is 5.66. The van der Waals surface area contributed by atoms with Crippen molar-refractivity contribution >= 4 is 17.8 Å². The van der Waals surface area contributed by atoms with Crippen molar-refractivity contribution in [2.45, 2.75) is 52.2 Å². The van der Waals surface area contributed by atoms with E-state index in [0.717, 1.165) is 4.90 Å². The molecule has 0 radical (unpaired) electrons. The summed E-state index contributed by atoms with van der Waals surface area (Å²) in [5, 5.41) is 14.4. The van der Waals surface area contributed by atoms with Crippen molar-refractivity contribution < 1.29 is 19.5 Å². The van der Waals surface area contributed by atoms with E-state index in [1.54, 1.807) is 14.0 Å². The Morgan fingerprint density at radius 3 is 2.05 bits per heavy atom. The molecule has 0 aromatic rings. The smallest absolute Gasteiger partial charge is 0.326 e. The number of aliphatic carboxylic acids is 1. The molecule has 3 atom stereocenters. The fraction of sp³-hybridized carbons (Fsp3) is 0.786. The second-order valence-corrected chi connectivity index (χ2v) is 5.66. The SMILES string of the molecule is CN[C@@H](CC(C)C)C(=O)N[C@@H](C)C(=O)N(C)[C@@H](C)C(=O)O. The maximum Gasteiger partial charge on any atom is 0.326 e. The van der Waals surface area contributed by atoms with Crippen LogP contribution in [0.15, 0.2) is 0 Å². The summed E-state index contributed by atoms with van der Waals surface area (Å²) in [5.74, 6) is -1.44. The Hall–Kier alpha value is -1.63. The van der Waals surface area contributed by atoms with Gasteiger partial charge in [0.05, 0.1) is 6.04 Å². The van der Waals surface area contributed by atoms with Crippen LogP contribution in [-0.2, 0) is 14.4 Å². The van der Waals surface area contributed by atoms with E-state index in [9.17, 15) is 14.4 Å². The third-order valence-electron chi connectivity index (χ3n) is 3.39. The second kappa shape index (κ2) is 8.61. The Bertz CT molecular complexity index is 384. The molecule has 7 nitrogen and oxygen atoms in total. The number of carbonyl (C=O) groups excluding carboxylic acids is 2. The van der Waals surface area contributed by atoms with Gasteiger partial charge in [0.25, 0.3) is 0 Å². The molecule has 0 saturated carbocycles. The zero-order valence-electron chi connectivity index (χ0n) is 13.6. The number of carboxylic acids is 1. The molecule has 0 aliphatic rings. The van der Waals surface area contributed by atoms with Crippen LogP contribution in [0.3, 0.4) is 0 Å². The average Bonchev–Trinajstić information content (AvgIpc) is 2.41. The Labute approximate surface area is 126 Å². The maximum atomic E-state index is 12.1. The highest BCUT2D eigenvalue weighted by Crippen LogP contribution is 2.06. The van der Waals surface area contributed by atoms with E-state index in [1.165, 1.54) is 14.0 Å². The van der Waals surface area contributed by atoms with Crippen LogP contribution < -0.4 is 10.6 Å². The molecule has 7 heteroatoms. The molecule has 21 heavy (non-hydrogen) atoms. The predicted octanol–water partition coefficient (Wildman–Crippen LogP) is 0.0567. The molecular weight excluding hydrogens is 274 g/mol. The highest BCUT2D eigenvalue weighted by molar-refractivity contribution is 5.91. The quantitative estimate of drug-likeness (QED) is 0.589. The lowest BCUT2D eigenvalue weighted by molar-refractivity contribution is -0.149. The minimum atomic E-state index is -1.09. The van der Waals surface area contributed by atoms with Crippen molar-refractivity contribution in [1.29, 1.82) is 0 Å². The van der Waals surface area contributed by atoms with E-state index in [2.05, 4.69) is 10.6 Å². The van der Waals surface area contributed by atoms with E-state index < -0.39 is 24.0 Å². The molecule has 0 heterocycles. The van der Waals surface area contributed by atoms with Gasteiger partial charge in [-0.3, -0.25) is 9.59 Å². The summed E-state index contributed by atoms with van der Waals surface area (Å²) < 4.78 is 0. The standard InChI is InChI=1S/C14H27N3O4/c1-8(2)7-11(15-5)12(18)16-9(3)13(19)17(6)10(4)14(20)21/h8-11,15H,7H2,1-6H3,(H,16,18)(H,20,21)/t9-,10-,11-/m0/s1. The van der Waals surface area contributed by atoms with E-state index >= 15 is 0 Å². The Kier molecular flexibility index (Phi) is 7.94. The lowest BCUT2D eigenvalue weighted by Crippen LogP contribution is -2.53. The summed E-state index contributed by atoms with van der Waals surface area (Å²) in [6, 6.07) is -2.08. The van der Waals surface area contributed by atoms with Crippen LogP contribution in [-0.4, -0.2) is 60.0 Å². The van der Waals surface area contributed by atoms with Crippen LogP contribution in [0, 0.1) is 5.92 Å². The zero-order chi connectivity index (χ0) is 16.7. The average molecular weight is 301 g/mol. The molecule has 0 aromatic carbocycles. The van der Waals surface area contributed by atoms with Crippen molar-refractivity contribution in [3.05, 3.63) is 0 Å². The van der Waals surface area contributed by atoms with Crippen molar-refractivity contribution in [3.8, 4) is 0 Å². The molecular formula is C14H27N3O4. The van der Waals surface area contributed by atoms with E-state index in [-0.39, 0.29) is 11.9 Å². The molecule has 0 rings (SSSR count). The number of amides is 2. The topological polar surface area (TPSA) is 98.7 Å². The Morgan fingerprint density at radius 1 is 1.14 bits per heavy atom. The molecule has 0 bridgehead atoms. The van der Waals surface area contributed by atoms with Gasteiger partial charge in [0, 0.05) is 7.05 Å². The third-order valence-corrected chi connectivity index (χ3v) is 3.39. The molecule has 3 N–H and O–H groups in total. The predicted molar refractivity (Wildman–Crippen MR) is 79.8 cm³/mol. The first-order valence-corrected chi connectivity index (χ1v) is 7.08. The summed E-state index contributed by atoms with van der Waals surface area (Å²) >= 11 is 0. The van der Waals surface area contributed by atoms with Gasteiger partial charge in [0.1, 0.15) is 12.1 Å². The van der Waals surface area contributed by atoms with Crippen molar-refractivity contribution in [3.63, 3.8) is 0 Å². The number of carbonyl (C=O) groups is 3. The summed E-state index contributed by atoms with van der Waals surface area (Å²) in [7, 11) is 3.10. The minimum absolute atomic E-state index is 0.261. The van der Waals surface area contributed by atoms with Gasteiger partial charge in [-0.2, -0.15) is 0 Å². The van der Waals surface area contributed by atoms with Crippen molar-refractivity contribution in [2.24, 2.45) is 5.92 Å². The van der Waals surface area contributed by atoms with Gasteiger partial charge in [-0.25, -0.2) is 4.79 Å². The van der Waals surface area contributed by atoms with Gasteiger partial charge in [-0.15, -0.1) is 0 Å². The molecule has 0 aromatic heterocycles. The van der Waals surface area contributed by atoms with Crippen LogP contribution >= 0.6 is 0 Å². The summed E-state index contributed by atoms with van der Waals surface area (Å²) in [6.45, 7) is 6.99. The summed E-state index contributed by atoms with van der Waals surface area (Å²) in [6.07, 6.45) is 0.657. The number of rotatable bonds is 8. The lowest BCUT2D eigenvalue weighted by Gasteiger charge is -2.26. The van der Waals surface area contributed by atoms with Gasteiger partial charge < -0.3 is 20.6 Å². The van der Waals surface area contributed by atoms with Crippen LogP contribution in [0.4, 0.5) is 0 Å². The van der Waals surface area contributed by atoms with Gasteiger partial charge in [0.2, 0.25) is 11.8 Å². The highest BCUT2D eigenvalue weighted by atomic mass is 16.4. The first kappa shape index (κ1) is 19.4. The summed E-state index contributed by atoms with van der Waals surface area (Å²) in [4.78, 5) is 36.2. The Morgan fingerprint density at radius 2 is 1.67 bits per heavy atom. The molecule has 0 aliphatic carbocycles. The Balaban J connectivity index is 4.65. The fourth-order valence-electron chi connectivity index (χ4n) is 1.87. The zero-order valence-corrected chi connectivity index (χ0v) is 13.6. The van der Waals surface area contributed by atoms with Crippen LogP contribution in [0.1, 0.15) is 34.1 Å². The van der Waals surface area contributed by atoms with Gasteiger partial charge in [-0.1, -0.05) is 13.8 Å².